The minimum Gasteiger partial charge on any atom is -0.478 e. The highest BCUT2D eigenvalue weighted by Crippen LogP contribution is 2.24. The fraction of sp³-hybridized carbons (Fsp3) is 0.118. The van der Waals surface area contributed by atoms with Crippen LogP contribution in [0.25, 0.3) is 11.4 Å². The Labute approximate surface area is 143 Å². The summed E-state index contributed by atoms with van der Waals surface area (Å²) in [5, 5.41) is 17.8. The van der Waals surface area contributed by atoms with Crippen molar-refractivity contribution in [3.8, 4) is 11.4 Å². The molecule has 0 fully saturated rings. The molecule has 122 valence electrons. The Kier molecular flexibility index (Phi) is 4.52. The standard InChI is InChI=1S/C17H16N4O2S/c1-11-2-6-13(7-3-11)15-19-20-17(21(15)18)24-10-12-4-8-14(9-5-12)16(22)23/h2-9H,10,18H2,1H3,(H,22,23). The number of hydrogen-bond acceptors (Lipinski definition) is 5. The van der Waals surface area contributed by atoms with Crippen molar-refractivity contribution in [2.24, 2.45) is 0 Å². The summed E-state index contributed by atoms with van der Waals surface area (Å²) in [5.74, 6) is 6.40. The van der Waals surface area contributed by atoms with E-state index in [1.807, 2.05) is 31.2 Å². The van der Waals surface area contributed by atoms with Gasteiger partial charge in [-0.3, -0.25) is 0 Å². The van der Waals surface area contributed by atoms with Gasteiger partial charge in [0.15, 0.2) is 5.82 Å². The molecule has 0 aliphatic carbocycles. The van der Waals surface area contributed by atoms with Crippen LogP contribution in [0.3, 0.4) is 0 Å². The zero-order valence-electron chi connectivity index (χ0n) is 13.0. The number of nitrogens with two attached hydrogens (primary N) is 1. The van der Waals surface area contributed by atoms with Crippen molar-refractivity contribution >= 4 is 17.7 Å². The Balaban J connectivity index is 1.72. The maximum atomic E-state index is 10.9. The topological polar surface area (TPSA) is 94.0 Å². The van der Waals surface area contributed by atoms with E-state index in [4.69, 9.17) is 10.9 Å². The van der Waals surface area contributed by atoms with Crippen molar-refractivity contribution in [2.75, 3.05) is 5.84 Å². The van der Waals surface area contributed by atoms with Crippen LogP contribution in [-0.2, 0) is 5.75 Å². The number of nitrogen functional groups attached to an aromatic ring is 1. The molecule has 2 aromatic carbocycles. The van der Waals surface area contributed by atoms with E-state index in [0.29, 0.717) is 16.7 Å². The molecule has 24 heavy (non-hydrogen) atoms. The molecule has 1 aromatic heterocycles. The molecule has 0 radical (unpaired) electrons. The number of hydrogen-bond donors (Lipinski definition) is 2. The number of nitrogens with zero attached hydrogens (tertiary/aromatic N) is 3. The Bertz CT molecular complexity index is 857. The van der Waals surface area contributed by atoms with Crippen LogP contribution in [0.5, 0.6) is 0 Å². The average molecular weight is 340 g/mol. The van der Waals surface area contributed by atoms with Gasteiger partial charge in [-0.2, -0.15) is 0 Å². The summed E-state index contributed by atoms with van der Waals surface area (Å²) in [5.41, 5.74) is 3.34. The molecule has 3 rings (SSSR count). The Morgan fingerprint density at radius 1 is 1.12 bits per heavy atom. The number of aromatic carboxylic acids is 1. The van der Waals surface area contributed by atoms with E-state index in [1.54, 1.807) is 24.3 Å². The van der Waals surface area contributed by atoms with Crippen LogP contribution in [0.15, 0.2) is 53.7 Å². The molecule has 3 aromatic rings. The highest BCUT2D eigenvalue weighted by molar-refractivity contribution is 7.98. The van der Waals surface area contributed by atoms with Gasteiger partial charge in [-0.25, -0.2) is 9.47 Å². The maximum Gasteiger partial charge on any atom is 0.335 e. The maximum absolute atomic E-state index is 10.9. The largest absolute Gasteiger partial charge is 0.478 e. The molecule has 3 N–H and O–H groups in total. The smallest absolute Gasteiger partial charge is 0.335 e. The van der Waals surface area contributed by atoms with E-state index in [9.17, 15) is 4.79 Å². The lowest BCUT2D eigenvalue weighted by atomic mass is 10.1. The molecule has 0 bridgehead atoms. The van der Waals surface area contributed by atoms with E-state index < -0.39 is 5.97 Å². The number of carboxylic acids is 1. The summed E-state index contributed by atoms with van der Waals surface area (Å²) in [7, 11) is 0. The first-order valence-electron chi connectivity index (χ1n) is 7.27. The van der Waals surface area contributed by atoms with Crippen LogP contribution in [0, 0.1) is 6.92 Å². The fourth-order valence-electron chi connectivity index (χ4n) is 2.17. The molecule has 7 heteroatoms. The monoisotopic (exact) mass is 340 g/mol. The van der Waals surface area contributed by atoms with Crippen molar-refractivity contribution < 1.29 is 9.90 Å². The molecule has 0 saturated carbocycles. The van der Waals surface area contributed by atoms with Gasteiger partial charge in [0.05, 0.1) is 5.56 Å². The summed E-state index contributed by atoms with van der Waals surface area (Å²) in [6, 6.07) is 14.7. The second kappa shape index (κ2) is 6.76. The molecule has 0 amide bonds. The summed E-state index contributed by atoms with van der Waals surface area (Å²) in [6.07, 6.45) is 0. The number of carboxylic acid groups (broad SMARTS) is 1. The van der Waals surface area contributed by atoms with Crippen molar-refractivity contribution in [1.29, 1.82) is 0 Å². The molecular weight excluding hydrogens is 324 g/mol. The van der Waals surface area contributed by atoms with E-state index in [0.717, 1.165) is 11.1 Å². The van der Waals surface area contributed by atoms with Crippen molar-refractivity contribution in [2.45, 2.75) is 17.8 Å². The minimum atomic E-state index is -0.932. The van der Waals surface area contributed by atoms with Gasteiger partial charge >= 0.3 is 5.97 Å². The van der Waals surface area contributed by atoms with Gasteiger partial charge in [-0.1, -0.05) is 53.7 Å². The SMILES string of the molecule is Cc1ccc(-c2nnc(SCc3ccc(C(=O)O)cc3)n2N)cc1. The number of thioether (sulfide) groups is 1. The Morgan fingerprint density at radius 3 is 2.42 bits per heavy atom. The molecule has 6 nitrogen and oxygen atoms in total. The van der Waals surface area contributed by atoms with E-state index in [1.165, 1.54) is 22.0 Å². The molecule has 0 aliphatic heterocycles. The van der Waals surface area contributed by atoms with Crippen LogP contribution in [0.4, 0.5) is 0 Å². The zero-order valence-corrected chi connectivity index (χ0v) is 13.8. The first-order chi connectivity index (χ1) is 11.5. The van der Waals surface area contributed by atoms with Gasteiger partial charge in [-0.05, 0) is 24.6 Å². The number of aromatic nitrogens is 3. The van der Waals surface area contributed by atoms with Gasteiger partial charge in [0.1, 0.15) is 0 Å². The molecule has 0 unspecified atom stereocenters. The van der Waals surface area contributed by atoms with Crippen molar-refractivity contribution in [1.82, 2.24) is 14.9 Å². The van der Waals surface area contributed by atoms with E-state index >= 15 is 0 Å². The summed E-state index contributed by atoms with van der Waals surface area (Å²) in [6.45, 7) is 2.02. The molecule has 1 heterocycles. The summed E-state index contributed by atoms with van der Waals surface area (Å²) in [4.78, 5) is 10.9. The van der Waals surface area contributed by atoms with Crippen LogP contribution in [0.1, 0.15) is 21.5 Å². The Morgan fingerprint density at radius 2 is 1.79 bits per heavy atom. The average Bonchev–Trinajstić information content (AvgIpc) is 2.95. The molecule has 0 spiro atoms. The van der Waals surface area contributed by atoms with Crippen molar-refractivity contribution in [3.05, 3.63) is 65.2 Å². The van der Waals surface area contributed by atoms with Gasteiger partial charge in [0.2, 0.25) is 5.16 Å². The second-order valence-corrected chi connectivity index (χ2v) is 6.28. The van der Waals surface area contributed by atoms with E-state index in [-0.39, 0.29) is 5.56 Å². The summed E-state index contributed by atoms with van der Waals surface area (Å²) < 4.78 is 1.47. The third-order valence-corrected chi connectivity index (χ3v) is 4.56. The fourth-order valence-corrected chi connectivity index (χ4v) is 2.98. The first-order valence-corrected chi connectivity index (χ1v) is 8.26. The second-order valence-electron chi connectivity index (χ2n) is 5.33. The van der Waals surface area contributed by atoms with Crippen molar-refractivity contribution in [3.63, 3.8) is 0 Å². The first kappa shape index (κ1) is 16.1. The summed E-state index contributed by atoms with van der Waals surface area (Å²) >= 11 is 1.45. The number of aryl methyl sites for hydroxylation is 1. The van der Waals surface area contributed by atoms with Gasteiger partial charge in [0, 0.05) is 11.3 Å². The van der Waals surface area contributed by atoms with Gasteiger partial charge in [0.25, 0.3) is 0 Å². The lowest BCUT2D eigenvalue weighted by molar-refractivity contribution is 0.0697. The number of rotatable bonds is 5. The molecule has 0 atom stereocenters. The number of benzene rings is 2. The third kappa shape index (κ3) is 3.41. The lowest BCUT2D eigenvalue weighted by Crippen LogP contribution is -2.11. The zero-order chi connectivity index (χ0) is 17.1. The van der Waals surface area contributed by atoms with Gasteiger partial charge in [-0.15, -0.1) is 10.2 Å². The minimum absolute atomic E-state index is 0.271. The predicted octanol–water partition coefficient (Wildman–Crippen LogP) is 2.96. The van der Waals surface area contributed by atoms with E-state index in [2.05, 4.69) is 10.2 Å². The predicted molar refractivity (Wildman–Crippen MR) is 93.3 cm³/mol. The Hall–Kier alpha value is -2.80. The highest BCUT2D eigenvalue weighted by atomic mass is 32.2. The molecule has 0 saturated heterocycles. The van der Waals surface area contributed by atoms with Crippen LogP contribution in [-0.4, -0.2) is 25.9 Å². The lowest BCUT2D eigenvalue weighted by Gasteiger charge is -2.04. The van der Waals surface area contributed by atoms with Crippen LogP contribution in [0.2, 0.25) is 0 Å². The van der Waals surface area contributed by atoms with Crippen LogP contribution < -0.4 is 5.84 Å². The molecule has 0 aliphatic rings. The number of carbonyl (C=O) groups is 1. The van der Waals surface area contributed by atoms with Gasteiger partial charge < -0.3 is 10.9 Å². The highest BCUT2D eigenvalue weighted by Gasteiger charge is 2.12. The third-order valence-electron chi connectivity index (χ3n) is 3.54. The normalized spacial score (nSPS) is 10.7. The van der Waals surface area contributed by atoms with Crippen LogP contribution >= 0.6 is 11.8 Å². The quantitative estimate of drug-likeness (QED) is 0.548. The molecular formula is C17H16N4O2S.